The van der Waals surface area contributed by atoms with Gasteiger partial charge < -0.3 is 5.11 Å². The van der Waals surface area contributed by atoms with Crippen LogP contribution in [0.15, 0.2) is 18.2 Å². The Labute approximate surface area is 131 Å². The Morgan fingerprint density at radius 1 is 1.18 bits per heavy atom. The van der Waals surface area contributed by atoms with E-state index in [-0.39, 0.29) is 5.69 Å². The van der Waals surface area contributed by atoms with Crippen LogP contribution in [0.25, 0.3) is 11.3 Å². The quantitative estimate of drug-likeness (QED) is 0.789. The van der Waals surface area contributed by atoms with Crippen molar-refractivity contribution in [3.05, 3.63) is 35.0 Å². The summed E-state index contributed by atoms with van der Waals surface area (Å²) >= 11 is 0. The fraction of sp³-hybridized carbons (Fsp3) is 0.471. The Bertz CT molecular complexity index is 662. The van der Waals surface area contributed by atoms with Gasteiger partial charge in [-0.3, -0.25) is 0 Å². The highest BCUT2D eigenvalue weighted by molar-refractivity contribution is 5.92. The molecule has 0 aliphatic carbocycles. The van der Waals surface area contributed by atoms with Gasteiger partial charge in [-0.1, -0.05) is 43.5 Å². The number of carboxylic acid groups (broad SMARTS) is 1. The Hall–Kier alpha value is -2.17. The third-order valence-electron chi connectivity index (χ3n) is 3.94. The number of benzene rings is 1. The highest BCUT2D eigenvalue weighted by Gasteiger charge is 2.20. The van der Waals surface area contributed by atoms with E-state index < -0.39 is 5.97 Å². The lowest BCUT2D eigenvalue weighted by Gasteiger charge is -2.09. The van der Waals surface area contributed by atoms with Crippen LogP contribution in [0.3, 0.4) is 0 Å². The molecule has 1 aromatic carbocycles. The summed E-state index contributed by atoms with van der Waals surface area (Å²) in [7, 11) is 0. The van der Waals surface area contributed by atoms with Crippen molar-refractivity contribution >= 4 is 5.97 Å². The zero-order valence-corrected chi connectivity index (χ0v) is 13.5. The van der Waals surface area contributed by atoms with Crippen LogP contribution in [0.1, 0.15) is 54.2 Å². The first-order chi connectivity index (χ1) is 10.5. The molecule has 2 aromatic rings. The molecule has 22 heavy (non-hydrogen) atoms. The van der Waals surface area contributed by atoms with E-state index in [0.717, 1.165) is 24.0 Å². The van der Waals surface area contributed by atoms with Crippen molar-refractivity contribution < 1.29 is 9.90 Å². The average molecular weight is 301 g/mol. The Morgan fingerprint density at radius 2 is 1.95 bits per heavy atom. The van der Waals surface area contributed by atoms with E-state index in [9.17, 15) is 9.90 Å². The van der Waals surface area contributed by atoms with E-state index in [1.807, 2.05) is 32.0 Å². The molecule has 0 saturated heterocycles. The molecule has 0 amide bonds. The van der Waals surface area contributed by atoms with Crippen molar-refractivity contribution in [1.29, 1.82) is 0 Å². The van der Waals surface area contributed by atoms with Gasteiger partial charge in [0.2, 0.25) is 0 Å². The number of rotatable bonds is 7. The first-order valence-corrected chi connectivity index (χ1v) is 7.79. The predicted molar refractivity (Wildman–Crippen MR) is 86.0 cm³/mol. The van der Waals surface area contributed by atoms with Gasteiger partial charge in [-0.2, -0.15) is 0 Å². The molecule has 0 aliphatic rings. The molecule has 1 N–H and O–H groups in total. The molecule has 2 rings (SSSR count). The number of carboxylic acids is 1. The molecule has 5 heteroatoms. The third kappa shape index (κ3) is 3.53. The van der Waals surface area contributed by atoms with Crippen LogP contribution in [-0.4, -0.2) is 26.1 Å². The van der Waals surface area contributed by atoms with Crippen LogP contribution in [-0.2, 0) is 6.54 Å². The monoisotopic (exact) mass is 301 g/mol. The number of unbranched alkanes of at least 4 members (excludes halogenated alkanes) is 3. The van der Waals surface area contributed by atoms with E-state index in [2.05, 4.69) is 17.2 Å². The van der Waals surface area contributed by atoms with E-state index in [1.54, 1.807) is 4.68 Å². The van der Waals surface area contributed by atoms with Crippen LogP contribution < -0.4 is 0 Å². The van der Waals surface area contributed by atoms with Crippen molar-refractivity contribution in [2.75, 3.05) is 0 Å². The average Bonchev–Trinajstić information content (AvgIpc) is 2.90. The smallest absolute Gasteiger partial charge is 0.358 e. The molecule has 0 atom stereocenters. The van der Waals surface area contributed by atoms with Crippen LogP contribution in [0.2, 0.25) is 0 Å². The summed E-state index contributed by atoms with van der Waals surface area (Å²) in [5.74, 6) is -1.03. The summed E-state index contributed by atoms with van der Waals surface area (Å²) in [5.41, 5.74) is 3.81. The normalized spacial score (nSPS) is 10.9. The molecule has 0 aliphatic heterocycles. The lowest BCUT2D eigenvalue weighted by molar-refractivity contribution is 0.0691. The second kappa shape index (κ2) is 7.20. The maximum absolute atomic E-state index is 11.4. The number of aryl methyl sites for hydroxylation is 3. The van der Waals surface area contributed by atoms with Gasteiger partial charge in [0.25, 0.3) is 0 Å². The number of carbonyl (C=O) groups is 1. The zero-order valence-electron chi connectivity index (χ0n) is 13.5. The summed E-state index contributed by atoms with van der Waals surface area (Å²) in [6.45, 7) is 6.92. The summed E-state index contributed by atoms with van der Waals surface area (Å²) in [6, 6.07) is 5.95. The van der Waals surface area contributed by atoms with Crippen molar-refractivity contribution in [2.24, 2.45) is 0 Å². The largest absolute Gasteiger partial charge is 0.476 e. The standard InChI is InChI=1S/C17H23N3O2/c1-4-5-6-7-10-20-16(15(17(21)22)18-19-20)14-9-8-12(2)13(3)11-14/h8-9,11H,4-7,10H2,1-3H3,(H,21,22). The van der Waals surface area contributed by atoms with Crippen molar-refractivity contribution in [1.82, 2.24) is 15.0 Å². The van der Waals surface area contributed by atoms with E-state index >= 15 is 0 Å². The molecule has 0 unspecified atom stereocenters. The van der Waals surface area contributed by atoms with Gasteiger partial charge in [0.05, 0.1) is 0 Å². The van der Waals surface area contributed by atoms with Crippen LogP contribution in [0.4, 0.5) is 0 Å². The van der Waals surface area contributed by atoms with E-state index in [0.29, 0.717) is 12.2 Å². The minimum absolute atomic E-state index is 0.0266. The van der Waals surface area contributed by atoms with E-state index in [4.69, 9.17) is 0 Å². The number of aromatic carboxylic acids is 1. The van der Waals surface area contributed by atoms with Gasteiger partial charge in [0.1, 0.15) is 5.69 Å². The lowest BCUT2D eigenvalue weighted by atomic mass is 10.0. The maximum atomic E-state index is 11.4. The molecule has 0 saturated carbocycles. The summed E-state index contributed by atoms with van der Waals surface area (Å²) in [6.07, 6.45) is 4.44. The highest BCUT2D eigenvalue weighted by atomic mass is 16.4. The molecule has 0 spiro atoms. The number of hydrogen-bond donors (Lipinski definition) is 1. The van der Waals surface area contributed by atoms with Crippen LogP contribution in [0.5, 0.6) is 0 Å². The van der Waals surface area contributed by atoms with Crippen molar-refractivity contribution in [3.8, 4) is 11.3 Å². The van der Waals surface area contributed by atoms with Gasteiger partial charge in [-0.15, -0.1) is 5.10 Å². The SMILES string of the molecule is CCCCCCn1nnc(C(=O)O)c1-c1ccc(C)c(C)c1. The second-order valence-electron chi connectivity index (χ2n) is 5.67. The third-order valence-corrected chi connectivity index (χ3v) is 3.94. The van der Waals surface area contributed by atoms with Gasteiger partial charge in [-0.25, -0.2) is 9.48 Å². The predicted octanol–water partition coefficient (Wildman–Crippen LogP) is 3.84. The molecule has 1 heterocycles. The Kier molecular flexibility index (Phi) is 5.31. The maximum Gasteiger partial charge on any atom is 0.358 e. The minimum atomic E-state index is -1.03. The number of nitrogens with zero attached hydrogens (tertiary/aromatic N) is 3. The van der Waals surface area contributed by atoms with Crippen molar-refractivity contribution in [2.45, 2.75) is 53.0 Å². The molecule has 5 nitrogen and oxygen atoms in total. The zero-order chi connectivity index (χ0) is 16.1. The fourth-order valence-corrected chi connectivity index (χ4v) is 2.48. The molecule has 0 radical (unpaired) electrons. The molecular formula is C17H23N3O2. The fourth-order valence-electron chi connectivity index (χ4n) is 2.48. The van der Waals surface area contributed by atoms with Gasteiger partial charge in [0, 0.05) is 12.1 Å². The first kappa shape index (κ1) is 16.2. The first-order valence-electron chi connectivity index (χ1n) is 7.79. The summed E-state index contributed by atoms with van der Waals surface area (Å²) in [4.78, 5) is 11.4. The Balaban J connectivity index is 2.35. The number of aromatic nitrogens is 3. The van der Waals surface area contributed by atoms with Gasteiger partial charge in [-0.05, 0) is 37.5 Å². The van der Waals surface area contributed by atoms with Crippen LogP contribution in [0, 0.1) is 13.8 Å². The topological polar surface area (TPSA) is 68.0 Å². The summed E-state index contributed by atoms with van der Waals surface area (Å²) in [5, 5.41) is 17.3. The minimum Gasteiger partial charge on any atom is -0.476 e. The lowest BCUT2D eigenvalue weighted by Crippen LogP contribution is -2.05. The molecule has 0 fully saturated rings. The second-order valence-corrected chi connectivity index (χ2v) is 5.67. The van der Waals surface area contributed by atoms with Crippen molar-refractivity contribution in [3.63, 3.8) is 0 Å². The molecule has 0 bridgehead atoms. The van der Waals surface area contributed by atoms with Gasteiger partial charge in [0.15, 0.2) is 5.69 Å². The van der Waals surface area contributed by atoms with Gasteiger partial charge >= 0.3 is 5.97 Å². The van der Waals surface area contributed by atoms with E-state index in [1.165, 1.54) is 18.4 Å². The highest BCUT2D eigenvalue weighted by Crippen LogP contribution is 2.25. The Morgan fingerprint density at radius 3 is 2.59 bits per heavy atom. The number of hydrogen-bond acceptors (Lipinski definition) is 3. The summed E-state index contributed by atoms with van der Waals surface area (Å²) < 4.78 is 1.73. The van der Waals surface area contributed by atoms with Crippen LogP contribution >= 0.6 is 0 Å². The molecular weight excluding hydrogens is 278 g/mol. The molecule has 1 aromatic heterocycles. The molecule has 118 valence electrons.